The summed E-state index contributed by atoms with van der Waals surface area (Å²) in [7, 11) is 0. The van der Waals surface area contributed by atoms with E-state index in [0.717, 1.165) is 43.8 Å². The van der Waals surface area contributed by atoms with Crippen LogP contribution in [0.3, 0.4) is 0 Å². The summed E-state index contributed by atoms with van der Waals surface area (Å²) in [5.74, 6) is 1.63. The molecule has 1 saturated heterocycles. The fourth-order valence-electron chi connectivity index (χ4n) is 3.18. The summed E-state index contributed by atoms with van der Waals surface area (Å²) >= 11 is 0. The lowest BCUT2D eigenvalue weighted by Gasteiger charge is -2.22. The summed E-state index contributed by atoms with van der Waals surface area (Å²) in [4.78, 5) is 0. The number of hydrogen-bond acceptors (Lipinski definition) is 5. The molecule has 1 aromatic rings. The van der Waals surface area contributed by atoms with E-state index in [2.05, 4.69) is 26.1 Å². The zero-order chi connectivity index (χ0) is 20.0. The van der Waals surface area contributed by atoms with Crippen molar-refractivity contribution in [3.63, 3.8) is 0 Å². The fraction of sp³-hybridized carbons (Fsp3) is 0.565. The van der Waals surface area contributed by atoms with E-state index in [1.165, 1.54) is 17.5 Å². The molecule has 1 aliphatic rings. The van der Waals surface area contributed by atoms with Gasteiger partial charge in [-0.15, -0.1) is 0 Å². The van der Waals surface area contributed by atoms with E-state index in [4.69, 9.17) is 23.7 Å². The van der Waals surface area contributed by atoms with Crippen LogP contribution in [0.2, 0.25) is 0 Å². The first-order valence-electron chi connectivity index (χ1n) is 10.2. The molecule has 5 nitrogen and oxygen atoms in total. The third kappa shape index (κ3) is 7.66. The molecule has 1 fully saturated rings. The lowest BCUT2D eigenvalue weighted by Crippen LogP contribution is -2.24. The van der Waals surface area contributed by atoms with Crippen LogP contribution in [0.15, 0.2) is 37.4 Å². The van der Waals surface area contributed by atoms with Gasteiger partial charge in [-0.2, -0.15) is 0 Å². The van der Waals surface area contributed by atoms with E-state index in [0.29, 0.717) is 33.0 Å². The van der Waals surface area contributed by atoms with Crippen molar-refractivity contribution in [3.05, 3.63) is 48.6 Å². The van der Waals surface area contributed by atoms with Crippen LogP contribution in [0.5, 0.6) is 11.5 Å². The summed E-state index contributed by atoms with van der Waals surface area (Å²) < 4.78 is 28.6. The summed E-state index contributed by atoms with van der Waals surface area (Å²) in [6.07, 6.45) is 8.37. The molecule has 2 rings (SSSR count). The molecule has 0 spiro atoms. The molecule has 0 N–H and O–H groups in total. The molecular formula is C23H34O5. The SMILES string of the molecule is C=CCOc1cc(CCOCCOC2CCCCO2)c(CC)c(OCC=C)c1. The second-order valence-corrected chi connectivity index (χ2v) is 6.64. The molecule has 156 valence electrons. The quantitative estimate of drug-likeness (QED) is 0.346. The zero-order valence-electron chi connectivity index (χ0n) is 17.1. The van der Waals surface area contributed by atoms with Crippen LogP contribution in [-0.2, 0) is 27.1 Å². The van der Waals surface area contributed by atoms with Gasteiger partial charge in [0.2, 0.25) is 0 Å². The van der Waals surface area contributed by atoms with Gasteiger partial charge in [-0.1, -0.05) is 32.2 Å². The molecule has 1 aromatic carbocycles. The molecule has 1 aliphatic heterocycles. The predicted octanol–water partition coefficient (Wildman–Crippen LogP) is 4.48. The second-order valence-electron chi connectivity index (χ2n) is 6.64. The predicted molar refractivity (Wildman–Crippen MR) is 111 cm³/mol. The topological polar surface area (TPSA) is 46.2 Å². The summed E-state index contributed by atoms with van der Waals surface area (Å²) in [5.41, 5.74) is 2.36. The van der Waals surface area contributed by atoms with Crippen LogP contribution in [0.4, 0.5) is 0 Å². The van der Waals surface area contributed by atoms with E-state index < -0.39 is 0 Å². The van der Waals surface area contributed by atoms with Crippen molar-refractivity contribution in [2.24, 2.45) is 0 Å². The third-order valence-corrected chi connectivity index (χ3v) is 4.54. The van der Waals surface area contributed by atoms with Gasteiger partial charge in [0.05, 0.1) is 19.8 Å². The molecule has 0 aromatic heterocycles. The Labute approximate surface area is 169 Å². The van der Waals surface area contributed by atoms with Gasteiger partial charge in [-0.05, 0) is 49.3 Å². The Morgan fingerprint density at radius 1 is 1.07 bits per heavy atom. The summed E-state index contributed by atoms with van der Waals surface area (Å²) in [5, 5.41) is 0. The Balaban J connectivity index is 1.86. The maximum absolute atomic E-state index is 5.85. The first kappa shape index (κ1) is 22.5. The zero-order valence-corrected chi connectivity index (χ0v) is 17.1. The highest BCUT2D eigenvalue weighted by molar-refractivity contribution is 5.47. The Bertz CT molecular complexity index is 593. The van der Waals surface area contributed by atoms with Crippen LogP contribution in [0.1, 0.15) is 37.3 Å². The highest BCUT2D eigenvalue weighted by Crippen LogP contribution is 2.30. The standard InChI is InChI=1S/C23H34O5/c1-4-11-25-20-17-19(21(6-3)22(18-20)26-12-5-2)10-14-24-15-16-28-23-9-7-8-13-27-23/h4-5,17-18,23H,1-2,6-16H2,3H3. The van der Waals surface area contributed by atoms with Crippen molar-refractivity contribution in [2.75, 3.05) is 39.6 Å². The van der Waals surface area contributed by atoms with E-state index in [1.807, 2.05) is 6.07 Å². The maximum atomic E-state index is 5.85. The minimum absolute atomic E-state index is 0.0627. The Morgan fingerprint density at radius 3 is 2.61 bits per heavy atom. The molecule has 0 amide bonds. The molecule has 1 heterocycles. The van der Waals surface area contributed by atoms with Gasteiger partial charge in [0.1, 0.15) is 24.7 Å². The monoisotopic (exact) mass is 390 g/mol. The third-order valence-electron chi connectivity index (χ3n) is 4.54. The van der Waals surface area contributed by atoms with Gasteiger partial charge in [0, 0.05) is 12.7 Å². The Kier molecular flexibility index (Phi) is 10.7. The minimum Gasteiger partial charge on any atom is -0.489 e. The molecule has 0 radical (unpaired) electrons. The molecule has 1 atom stereocenters. The largest absolute Gasteiger partial charge is 0.489 e. The maximum Gasteiger partial charge on any atom is 0.157 e. The van der Waals surface area contributed by atoms with Gasteiger partial charge >= 0.3 is 0 Å². The summed E-state index contributed by atoms with van der Waals surface area (Å²) in [6, 6.07) is 4.01. The normalized spacial score (nSPS) is 16.5. The Hall–Kier alpha value is -1.82. The Morgan fingerprint density at radius 2 is 1.89 bits per heavy atom. The van der Waals surface area contributed by atoms with Crippen molar-refractivity contribution >= 4 is 0 Å². The molecule has 1 unspecified atom stereocenters. The lowest BCUT2D eigenvalue weighted by atomic mass is 10.0. The van der Waals surface area contributed by atoms with Crippen LogP contribution in [0.25, 0.3) is 0 Å². The van der Waals surface area contributed by atoms with Crippen molar-refractivity contribution in [3.8, 4) is 11.5 Å². The average molecular weight is 391 g/mol. The van der Waals surface area contributed by atoms with Crippen LogP contribution in [0, 0.1) is 0 Å². The van der Waals surface area contributed by atoms with E-state index in [-0.39, 0.29) is 6.29 Å². The van der Waals surface area contributed by atoms with E-state index in [1.54, 1.807) is 12.2 Å². The molecule has 5 heteroatoms. The smallest absolute Gasteiger partial charge is 0.157 e. The van der Waals surface area contributed by atoms with E-state index >= 15 is 0 Å². The van der Waals surface area contributed by atoms with Crippen molar-refractivity contribution in [1.29, 1.82) is 0 Å². The highest BCUT2D eigenvalue weighted by atomic mass is 16.7. The summed E-state index contributed by atoms with van der Waals surface area (Å²) in [6.45, 7) is 13.0. The van der Waals surface area contributed by atoms with Crippen LogP contribution < -0.4 is 9.47 Å². The first-order valence-corrected chi connectivity index (χ1v) is 10.2. The molecular weight excluding hydrogens is 356 g/mol. The highest BCUT2D eigenvalue weighted by Gasteiger charge is 2.14. The first-order chi connectivity index (χ1) is 13.8. The lowest BCUT2D eigenvalue weighted by molar-refractivity contribution is -0.168. The van der Waals surface area contributed by atoms with Crippen molar-refractivity contribution in [1.82, 2.24) is 0 Å². The number of hydrogen-bond donors (Lipinski definition) is 0. The fourth-order valence-corrected chi connectivity index (χ4v) is 3.18. The molecule has 0 bridgehead atoms. The van der Waals surface area contributed by atoms with Gasteiger partial charge < -0.3 is 23.7 Å². The minimum atomic E-state index is -0.0627. The van der Waals surface area contributed by atoms with Gasteiger partial charge in [0.15, 0.2) is 6.29 Å². The van der Waals surface area contributed by atoms with E-state index in [9.17, 15) is 0 Å². The number of benzene rings is 1. The average Bonchev–Trinajstić information content (AvgIpc) is 2.73. The second kappa shape index (κ2) is 13.4. The van der Waals surface area contributed by atoms with Gasteiger partial charge in [-0.25, -0.2) is 0 Å². The molecule has 28 heavy (non-hydrogen) atoms. The number of ether oxygens (including phenoxy) is 5. The van der Waals surface area contributed by atoms with Crippen LogP contribution >= 0.6 is 0 Å². The molecule has 0 saturated carbocycles. The molecule has 0 aliphatic carbocycles. The van der Waals surface area contributed by atoms with Crippen molar-refractivity contribution < 1.29 is 23.7 Å². The van der Waals surface area contributed by atoms with Crippen LogP contribution in [-0.4, -0.2) is 45.9 Å². The van der Waals surface area contributed by atoms with Gasteiger partial charge in [0.25, 0.3) is 0 Å². The number of rotatable bonds is 14. The van der Waals surface area contributed by atoms with Gasteiger partial charge in [-0.3, -0.25) is 0 Å². The van der Waals surface area contributed by atoms with Crippen molar-refractivity contribution in [2.45, 2.75) is 45.3 Å².